The highest BCUT2D eigenvalue weighted by Gasteiger charge is 2.36. The summed E-state index contributed by atoms with van der Waals surface area (Å²) < 4.78 is 29.5. The minimum atomic E-state index is -4.05. The van der Waals surface area contributed by atoms with Crippen molar-refractivity contribution in [3.8, 4) is 0 Å². The summed E-state index contributed by atoms with van der Waals surface area (Å²) in [5.41, 5.74) is 4.22. The van der Waals surface area contributed by atoms with Crippen molar-refractivity contribution in [1.29, 1.82) is 0 Å². The van der Waals surface area contributed by atoms with Gasteiger partial charge in [0.25, 0.3) is 0 Å². The molecule has 0 fully saturated rings. The lowest BCUT2D eigenvalue weighted by atomic mass is 10.0. The molecule has 0 saturated heterocycles. The number of aryl methyl sites for hydroxylation is 3. The molecule has 0 aromatic heterocycles. The van der Waals surface area contributed by atoms with Gasteiger partial charge < -0.3 is 10.2 Å². The zero-order valence-corrected chi connectivity index (χ0v) is 26.8. The molecule has 3 aromatic carbocycles. The highest BCUT2D eigenvalue weighted by Crippen LogP contribution is 2.26. The molecule has 226 valence electrons. The number of nitrogens with zero attached hydrogens (tertiary/aromatic N) is 3. The number of carbonyl (C=O) groups excluding carboxylic acids is 2. The third-order valence-electron chi connectivity index (χ3n) is 6.86. The zero-order valence-electron chi connectivity index (χ0n) is 26.0. The number of amides is 2. The maximum Gasteiger partial charge on any atom is 0.304 e. The monoisotopic (exact) mass is 592 g/mol. The van der Waals surface area contributed by atoms with Crippen molar-refractivity contribution >= 4 is 27.7 Å². The first-order chi connectivity index (χ1) is 19.6. The van der Waals surface area contributed by atoms with Crippen molar-refractivity contribution in [2.24, 2.45) is 0 Å². The van der Waals surface area contributed by atoms with Crippen LogP contribution in [0.4, 0.5) is 5.69 Å². The van der Waals surface area contributed by atoms with E-state index in [1.807, 2.05) is 108 Å². The molecule has 1 atom stereocenters. The fraction of sp³-hybridized carbons (Fsp3) is 0.394. The van der Waals surface area contributed by atoms with Crippen molar-refractivity contribution < 1.29 is 18.0 Å². The van der Waals surface area contributed by atoms with Gasteiger partial charge in [-0.1, -0.05) is 72.3 Å². The second kappa shape index (κ2) is 13.5. The van der Waals surface area contributed by atoms with Crippen LogP contribution in [0.2, 0.25) is 0 Å². The van der Waals surface area contributed by atoms with Crippen LogP contribution in [0.1, 0.15) is 48.6 Å². The normalized spacial score (nSPS) is 12.6. The molecule has 2 amide bonds. The molecular weight excluding hydrogens is 548 g/mol. The van der Waals surface area contributed by atoms with Crippen LogP contribution >= 0.6 is 0 Å². The van der Waals surface area contributed by atoms with E-state index in [-0.39, 0.29) is 18.9 Å². The lowest BCUT2D eigenvalue weighted by Crippen LogP contribution is -2.56. The Labute approximate surface area is 251 Å². The van der Waals surface area contributed by atoms with Gasteiger partial charge in [0.05, 0.1) is 5.69 Å². The van der Waals surface area contributed by atoms with Crippen molar-refractivity contribution in [2.75, 3.05) is 24.9 Å². The van der Waals surface area contributed by atoms with Gasteiger partial charge in [-0.3, -0.25) is 9.59 Å². The Morgan fingerprint density at radius 1 is 0.833 bits per heavy atom. The summed E-state index contributed by atoms with van der Waals surface area (Å²) in [6.45, 7) is 11.0. The maximum absolute atomic E-state index is 14.4. The lowest BCUT2D eigenvalue weighted by molar-refractivity contribution is -0.140. The minimum Gasteiger partial charge on any atom is -0.350 e. The van der Waals surface area contributed by atoms with Gasteiger partial charge >= 0.3 is 10.2 Å². The SMILES string of the molecule is Cc1cccc(CN(C(=O)CN(c2cc(C)ccc2C)S(=O)(=O)N(C)C)[C@@H](Cc2ccccc2)C(=O)NC(C)(C)C)c1. The Morgan fingerprint density at radius 3 is 2.05 bits per heavy atom. The number of rotatable bonds is 11. The molecule has 0 aliphatic rings. The number of hydrogen-bond donors (Lipinski definition) is 1. The number of anilines is 1. The number of carbonyl (C=O) groups is 2. The van der Waals surface area contributed by atoms with E-state index < -0.39 is 34.2 Å². The van der Waals surface area contributed by atoms with Gasteiger partial charge in [0.1, 0.15) is 12.6 Å². The summed E-state index contributed by atoms with van der Waals surface area (Å²) in [6, 6.07) is 21.9. The van der Waals surface area contributed by atoms with E-state index in [1.165, 1.54) is 19.0 Å². The molecule has 3 rings (SSSR count). The van der Waals surface area contributed by atoms with Gasteiger partial charge in [-0.25, -0.2) is 4.31 Å². The number of nitrogens with one attached hydrogen (secondary N) is 1. The van der Waals surface area contributed by atoms with Crippen LogP contribution in [0, 0.1) is 20.8 Å². The molecular formula is C33H44N4O4S. The van der Waals surface area contributed by atoms with Crippen molar-refractivity contribution in [2.45, 2.75) is 66.1 Å². The van der Waals surface area contributed by atoms with Crippen LogP contribution in [-0.2, 0) is 32.8 Å². The van der Waals surface area contributed by atoms with Crippen molar-refractivity contribution in [3.05, 3.63) is 101 Å². The first kappa shape index (κ1) is 32.8. The number of benzene rings is 3. The van der Waals surface area contributed by atoms with Gasteiger partial charge in [-0.05, 0) is 69.9 Å². The first-order valence-electron chi connectivity index (χ1n) is 14.1. The Hall–Kier alpha value is -3.69. The molecule has 3 aromatic rings. The van der Waals surface area contributed by atoms with Crippen LogP contribution in [0.15, 0.2) is 72.8 Å². The molecule has 0 spiro atoms. The van der Waals surface area contributed by atoms with Gasteiger partial charge in [-0.15, -0.1) is 0 Å². The summed E-state index contributed by atoms with van der Waals surface area (Å²) in [7, 11) is -1.17. The molecule has 0 saturated carbocycles. The Balaban J connectivity index is 2.15. The van der Waals surface area contributed by atoms with E-state index in [9.17, 15) is 18.0 Å². The van der Waals surface area contributed by atoms with Gasteiger partial charge in [0.15, 0.2) is 0 Å². The van der Waals surface area contributed by atoms with E-state index >= 15 is 0 Å². The smallest absolute Gasteiger partial charge is 0.304 e. The predicted octanol–water partition coefficient (Wildman–Crippen LogP) is 4.78. The zero-order chi connectivity index (χ0) is 31.2. The third kappa shape index (κ3) is 8.66. The van der Waals surface area contributed by atoms with E-state index in [0.717, 1.165) is 36.4 Å². The van der Waals surface area contributed by atoms with E-state index in [1.54, 1.807) is 6.07 Å². The molecule has 0 heterocycles. The van der Waals surface area contributed by atoms with Crippen LogP contribution < -0.4 is 9.62 Å². The molecule has 0 aliphatic heterocycles. The van der Waals surface area contributed by atoms with Gasteiger partial charge in [0, 0.05) is 32.6 Å². The molecule has 1 N–H and O–H groups in total. The van der Waals surface area contributed by atoms with Gasteiger partial charge in [-0.2, -0.15) is 12.7 Å². The fourth-order valence-corrected chi connectivity index (χ4v) is 5.82. The minimum absolute atomic E-state index is 0.137. The molecule has 0 bridgehead atoms. The predicted molar refractivity (Wildman–Crippen MR) is 169 cm³/mol. The summed E-state index contributed by atoms with van der Waals surface area (Å²) in [5, 5.41) is 3.05. The second-order valence-corrected chi connectivity index (χ2v) is 14.1. The average molecular weight is 593 g/mol. The van der Waals surface area contributed by atoms with E-state index in [2.05, 4.69) is 5.32 Å². The Kier molecular flexibility index (Phi) is 10.6. The largest absolute Gasteiger partial charge is 0.350 e. The molecule has 0 unspecified atom stereocenters. The molecule has 9 heteroatoms. The quantitative estimate of drug-likeness (QED) is 0.347. The summed E-state index contributed by atoms with van der Waals surface area (Å²) in [4.78, 5) is 29.8. The summed E-state index contributed by atoms with van der Waals surface area (Å²) in [5.74, 6) is -0.783. The highest BCUT2D eigenvalue weighted by molar-refractivity contribution is 7.90. The number of hydrogen-bond acceptors (Lipinski definition) is 4. The molecule has 0 aliphatic carbocycles. The average Bonchev–Trinajstić information content (AvgIpc) is 2.90. The molecule has 42 heavy (non-hydrogen) atoms. The third-order valence-corrected chi connectivity index (χ3v) is 8.66. The van der Waals surface area contributed by atoms with Crippen LogP contribution in [-0.4, -0.2) is 61.7 Å². The van der Waals surface area contributed by atoms with E-state index in [4.69, 9.17) is 0 Å². The molecule has 8 nitrogen and oxygen atoms in total. The van der Waals surface area contributed by atoms with Gasteiger partial charge in [0.2, 0.25) is 11.8 Å². The lowest BCUT2D eigenvalue weighted by Gasteiger charge is -2.36. The Bertz CT molecular complexity index is 1500. The highest BCUT2D eigenvalue weighted by atomic mass is 32.2. The summed E-state index contributed by atoms with van der Waals surface area (Å²) >= 11 is 0. The topological polar surface area (TPSA) is 90.0 Å². The standard InChI is InChI=1S/C33H44N4O4S/c1-24-13-12-16-28(19-24)22-36(30(32(39)34-33(4,5)6)21-27-14-10-9-11-15-27)31(38)23-37(42(40,41)35(7)8)29-20-25(2)17-18-26(29)3/h9-20,30H,21-23H2,1-8H3,(H,34,39)/t30-/m0/s1. The Morgan fingerprint density at radius 2 is 1.45 bits per heavy atom. The van der Waals surface area contributed by atoms with Crippen molar-refractivity contribution in [1.82, 2.24) is 14.5 Å². The molecule has 0 radical (unpaired) electrons. The van der Waals surface area contributed by atoms with Crippen LogP contribution in [0.5, 0.6) is 0 Å². The van der Waals surface area contributed by atoms with Crippen molar-refractivity contribution in [3.63, 3.8) is 0 Å². The maximum atomic E-state index is 14.4. The van der Waals surface area contributed by atoms with Crippen LogP contribution in [0.3, 0.4) is 0 Å². The second-order valence-electron chi connectivity index (χ2n) is 12.0. The van der Waals surface area contributed by atoms with Crippen LogP contribution in [0.25, 0.3) is 0 Å². The fourth-order valence-electron chi connectivity index (χ4n) is 4.70. The van der Waals surface area contributed by atoms with E-state index in [0.29, 0.717) is 5.69 Å². The first-order valence-corrected chi connectivity index (χ1v) is 15.5. The summed E-state index contributed by atoms with van der Waals surface area (Å²) in [6.07, 6.45) is 0.268.